The molecule has 4 aromatic rings. The highest BCUT2D eigenvalue weighted by Crippen LogP contribution is 2.34. The van der Waals surface area contributed by atoms with Gasteiger partial charge in [0.15, 0.2) is 17.5 Å². The summed E-state index contributed by atoms with van der Waals surface area (Å²) in [6.07, 6.45) is 4.76. The van der Waals surface area contributed by atoms with E-state index in [1.54, 1.807) is 41.9 Å². The molecule has 3 fully saturated rings. The van der Waals surface area contributed by atoms with Gasteiger partial charge < -0.3 is 33.4 Å². The number of carbonyl (C=O) groups excluding carboxylic acids is 3. The van der Waals surface area contributed by atoms with Gasteiger partial charge in [-0.25, -0.2) is 13.8 Å². The van der Waals surface area contributed by atoms with E-state index in [2.05, 4.69) is 36.5 Å². The van der Waals surface area contributed by atoms with Gasteiger partial charge in [-0.3, -0.25) is 19.1 Å². The molecular formula is C42H54ClF2N9O4+2. The van der Waals surface area contributed by atoms with Gasteiger partial charge in [0, 0.05) is 87.7 Å². The number of amides is 3. The Bertz CT molecular complexity index is 2200. The van der Waals surface area contributed by atoms with Crippen LogP contribution in [0.5, 0.6) is 0 Å². The van der Waals surface area contributed by atoms with Crippen LogP contribution in [0.2, 0.25) is 5.02 Å². The summed E-state index contributed by atoms with van der Waals surface area (Å²) >= 11 is 6.60. The number of hydrogen-bond acceptors (Lipinski definition) is 6. The molecule has 0 radical (unpaired) electrons. The topological polar surface area (TPSA) is 115 Å². The Hall–Kier alpha value is -4.70. The standard InChI is InChI=1S/C42H53ClF2N9O4/c1-27-34(23-52(48-27)17-20-58-6)31-9-10-33(38(45)37(31)44)36-22-46-39(49(36)2)40(55)47-30-7-8-32(35(43)21-30)42(57)51-15-13-50(14-16-51)41(56)29-11-18-54(5,19-12-29)26-28-24-53(3,4)25-28/h7-10,21-23,28-29H,11-20,24-26H2,1-6H3/q+1/p+1. The number of anilines is 1. The minimum atomic E-state index is -1.08. The smallest absolute Gasteiger partial charge is 0.291 e. The number of nitrogens with zero attached hydrogens (tertiary/aromatic N) is 8. The fourth-order valence-electron chi connectivity index (χ4n) is 9.12. The molecule has 310 valence electrons. The number of methoxy groups -OCH3 is 1. The monoisotopic (exact) mass is 821 g/mol. The summed E-state index contributed by atoms with van der Waals surface area (Å²) in [5.41, 5.74) is 1.83. The second kappa shape index (κ2) is 16.5. The molecule has 0 spiro atoms. The highest BCUT2D eigenvalue weighted by molar-refractivity contribution is 6.34. The van der Waals surface area contributed by atoms with Gasteiger partial charge in [0.1, 0.15) is 5.92 Å². The molecule has 7 rings (SSSR count). The van der Waals surface area contributed by atoms with Gasteiger partial charge in [0.25, 0.3) is 11.8 Å². The Labute approximate surface area is 343 Å². The van der Waals surface area contributed by atoms with Gasteiger partial charge in [-0.2, -0.15) is 5.10 Å². The van der Waals surface area contributed by atoms with Crippen molar-refractivity contribution < 1.29 is 36.9 Å². The highest BCUT2D eigenvalue weighted by atomic mass is 35.5. The van der Waals surface area contributed by atoms with E-state index < -0.39 is 17.5 Å². The quantitative estimate of drug-likeness (QED) is 0.215. The lowest BCUT2D eigenvalue weighted by Gasteiger charge is -2.49. The van der Waals surface area contributed by atoms with Crippen LogP contribution in [0, 0.1) is 30.4 Å². The van der Waals surface area contributed by atoms with Crippen molar-refractivity contribution in [1.82, 2.24) is 29.1 Å². The molecule has 2 aromatic heterocycles. The summed E-state index contributed by atoms with van der Waals surface area (Å²) in [6.45, 7) is 10.1. The minimum Gasteiger partial charge on any atom is -0.383 e. The zero-order valence-corrected chi connectivity index (χ0v) is 35.0. The number of piperazine rings is 1. The van der Waals surface area contributed by atoms with Crippen LogP contribution in [-0.2, 0) is 23.1 Å². The van der Waals surface area contributed by atoms with E-state index in [-0.39, 0.29) is 51.0 Å². The van der Waals surface area contributed by atoms with E-state index in [0.717, 1.165) is 40.8 Å². The molecule has 3 aliphatic rings. The minimum absolute atomic E-state index is 0.0331. The second-order valence-corrected chi connectivity index (χ2v) is 17.6. The Morgan fingerprint density at radius 2 is 1.60 bits per heavy atom. The zero-order chi connectivity index (χ0) is 41.5. The van der Waals surface area contributed by atoms with E-state index >= 15 is 8.78 Å². The number of benzene rings is 2. The van der Waals surface area contributed by atoms with E-state index in [1.165, 1.54) is 55.6 Å². The van der Waals surface area contributed by atoms with E-state index in [9.17, 15) is 14.4 Å². The van der Waals surface area contributed by atoms with Crippen LogP contribution in [0.3, 0.4) is 0 Å². The number of ether oxygens (including phenoxy) is 1. The molecule has 1 N–H and O–H groups in total. The van der Waals surface area contributed by atoms with Crippen molar-refractivity contribution in [2.45, 2.75) is 26.3 Å². The Kier molecular flexibility index (Phi) is 11.8. The Balaban J connectivity index is 0.928. The average Bonchev–Trinajstić information content (AvgIpc) is 3.75. The maximum absolute atomic E-state index is 15.6. The average molecular weight is 822 g/mol. The predicted molar refractivity (Wildman–Crippen MR) is 217 cm³/mol. The zero-order valence-electron chi connectivity index (χ0n) is 34.2. The summed E-state index contributed by atoms with van der Waals surface area (Å²) in [5.74, 6) is -2.02. The maximum atomic E-state index is 15.6. The number of nitrogens with one attached hydrogen (secondary N) is 1. The van der Waals surface area contributed by atoms with Crippen LogP contribution < -0.4 is 5.32 Å². The van der Waals surface area contributed by atoms with Crippen LogP contribution in [0.15, 0.2) is 42.7 Å². The van der Waals surface area contributed by atoms with Crippen LogP contribution in [-0.4, -0.2) is 150 Å². The summed E-state index contributed by atoms with van der Waals surface area (Å²) in [4.78, 5) is 48.2. The van der Waals surface area contributed by atoms with Crippen molar-refractivity contribution in [2.75, 3.05) is 99.1 Å². The molecule has 16 heteroatoms. The molecule has 3 aliphatic heterocycles. The number of rotatable bonds is 11. The molecule has 3 saturated heterocycles. The third-order valence-electron chi connectivity index (χ3n) is 12.2. The fourth-order valence-corrected chi connectivity index (χ4v) is 9.38. The number of imidazole rings is 1. The molecule has 58 heavy (non-hydrogen) atoms. The van der Waals surface area contributed by atoms with Gasteiger partial charge in [0.05, 0.1) is 95.2 Å². The third-order valence-corrected chi connectivity index (χ3v) is 12.5. The van der Waals surface area contributed by atoms with Crippen molar-refractivity contribution in [2.24, 2.45) is 18.9 Å². The predicted octanol–water partition coefficient (Wildman–Crippen LogP) is 4.94. The van der Waals surface area contributed by atoms with E-state index in [4.69, 9.17) is 16.3 Å². The van der Waals surface area contributed by atoms with Crippen molar-refractivity contribution >= 4 is 35.0 Å². The molecule has 0 aliphatic carbocycles. The first kappa shape index (κ1) is 41.5. The van der Waals surface area contributed by atoms with Crippen LogP contribution in [0.4, 0.5) is 14.5 Å². The van der Waals surface area contributed by atoms with Gasteiger partial charge in [0.2, 0.25) is 5.91 Å². The lowest BCUT2D eigenvalue weighted by atomic mass is 9.90. The van der Waals surface area contributed by atoms with Gasteiger partial charge >= 0.3 is 0 Å². The number of aryl methyl sites for hydroxylation is 1. The first-order chi connectivity index (χ1) is 27.6. The van der Waals surface area contributed by atoms with Crippen molar-refractivity contribution in [1.29, 1.82) is 0 Å². The summed E-state index contributed by atoms with van der Waals surface area (Å²) in [6, 6.07) is 7.56. The number of halogens is 3. The molecular weight excluding hydrogens is 768 g/mol. The fraction of sp³-hybridized carbons (Fsp3) is 0.500. The lowest BCUT2D eigenvalue weighted by Crippen LogP contribution is -2.64. The van der Waals surface area contributed by atoms with Crippen LogP contribution >= 0.6 is 11.6 Å². The molecule has 3 amide bonds. The number of piperidine rings is 1. The molecule has 0 unspecified atom stereocenters. The van der Waals surface area contributed by atoms with Gasteiger partial charge in [-0.1, -0.05) is 17.7 Å². The van der Waals surface area contributed by atoms with Crippen molar-refractivity contribution in [3.8, 4) is 22.4 Å². The number of hydrogen-bond donors (Lipinski definition) is 1. The lowest BCUT2D eigenvalue weighted by molar-refractivity contribution is -0.968. The summed E-state index contributed by atoms with van der Waals surface area (Å²) in [5, 5.41) is 7.27. The maximum Gasteiger partial charge on any atom is 0.291 e. The van der Waals surface area contributed by atoms with E-state index in [0.29, 0.717) is 56.3 Å². The van der Waals surface area contributed by atoms with Crippen LogP contribution in [0.1, 0.15) is 39.5 Å². The number of quaternary nitrogens is 2. The third kappa shape index (κ3) is 8.54. The Morgan fingerprint density at radius 1 is 0.948 bits per heavy atom. The molecule has 0 saturated carbocycles. The number of carbonyl (C=O) groups is 3. The molecule has 5 heterocycles. The van der Waals surface area contributed by atoms with Gasteiger partial charge in [-0.15, -0.1) is 0 Å². The van der Waals surface area contributed by atoms with Crippen molar-refractivity contribution in [3.05, 3.63) is 76.5 Å². The Morgan fingerprint density at radius 3 is 2.26 bits per heavy atom. The molecule has 0 atom stereocenters. The van der Waals surface area contributed by atoms with Gasteiger partial charge in [-0.05, 0) is 31.2 Å². The SMILES string of the molecule is COCCn1cc(-c2ccc(-c3cnc(C(=O)Nc4ccc(C(=O)N5CCN(C(=O)C6CC[N+](C)(CC7C[N+](C)(C)C7)CC6)CC5)c(Cl)c4)n3C)c(F)c2F)c(C)n1. The molecule has 0 bridgehead atoms. The van der Waals surface area contributed by atoms with Crippen LogP contribution in [0.25, 0.3) is 22.4 Å². The largest absolute Gasteiger partial charge is 0.383 e. The highest BCUT2D eigenvalue weighted by Gasteiger charge is 2.44. The second-order valence-electron chi connectivity index (χ2n) is 17.2. The summed E-state index contributed by atoms with van der Waals surface area (Å²) < 4.78 is 41.3. The molecule has 2 aromatic carbocycles. The first-order valence-corrected chi connectivity index (χ1v) is 20.3. The van der Waals surface area contributed by atoms with E-state index in [1.807, 2.05) is 4.90 Å². The summed E-state index contributed by atoms with van der Waals surface area (Å²) in [7, 11) is 10.0. The first-order valence-electron chi connectivity index (χ1n) is 19.9. The van der Waals surface area contributed by atoms with Crippen molar-refractivity contribution in [3.63, 3.8) is 0 Å². The number of aromatic nitrogens is 4. The normalized spacial score (nSPS) is 20.9. The molecule has 13 nitrogen and oxygen atoms in total. The number of likely N-dealkylation sites (tertiary alicyclic amines) is 2.